The predicted molar refractivity (Wildman–Crippen MR) is 46.6 cm³/mol. The van der Waals surface area contributed by atoms with Crippen LogP contribution in [0.4, 0.5) is 4.39 Å². The number of ketones is 1. The van der Waals surface area contributed by atoms with E-state index in [1.807, 2.05) is 0 Å². The van der Waals surface area contributed by atoms with Crippen LogP contribution in [-0.4, -0.2) is 16.8 Å². The van der Waals surface area contributed by atoms with Gasteiger partial charge in [0.15, 0.2) is 0 Å². The van der Waals surface area contributed by atoms with Crippen molar-refractivity contribution in [1.82, 2.24) is 4.98 Å². The van der Waals surface area contributed by atoms with E-state index in [4.69, 9.17) is 5.73 Å². The highest BCUT2D eigenvalue weighted by Crippen LogP contribution is 2.05. The lowest BCUT2D eigenvalue weighted by Crippen LogP contribution is -2.30. The number of carbonyl (C=O) groups excluding carboxylic acids is 1. The van der Waals surface area contributed by atoms with E-state index in [2.05, 4.69) is 4.98 Å². The number of Topliss-reactive ketones (excluding diaryl/α,β-unsaturated/α-hetero) is 1. The fourth-order valence-corrected chi connectivity index (χ4v) is 0.952. The Morgan fingerprint density at radius 1 is 1.77 bits per heavy atom. The number of carbonyl (C=O) groups is 1. The lowest BCUT2D eigenvalue weighted by Gasteiger charge is -2.07. The van der Waals surface area contributed by atoms with E-state index in [0.29, 0.717) is 5.56 Å². The van der Waals surface area contributed by atoms with Gasteiger partial charge in [0.2, 0.25) is 5.95 Å². The number of hydrogen-bond donors (Lipinski definition) is 1. The molecule has 1 rings (SSSR count). The van der Waals surface area contributed by atoms with Gasteiger partial charge in [-0.3, -0.25) is 4.79 Å². The van der Waals surface area contributed by atoms with Crippen molar-refractivity contribution in [3.8, 4) is 0 Å². The van der Waals surface area contributed by atoms with Crippen LogP contribution in [0.15, 0.2) is 18.3 Å². The van der Waals surface area contributed by atoms with Gasteiger partial charge in [-0.2, -0.15) is 4.39 Å². The molecule has 0 aliphatic rings. The topological polar surface area (TPSA) is 56.0 Å². The number of aromatic nitrogens is 1. The van der Waals surface area contributed by atoms with E-state index in [0.717, 1.165) is 0 Å². The predicted octanol–water partition coefficient (Wildman–Crippen LogP) is 0.679. The number of hydrogen-bond acceptors (Lipinski definition) is 3. The summed E-state index contributed by atoms with van der Waals surface area (Å²) in [4.78, 5) is 14.2. The van der Waals surface area contributed by atoms with Crippen molar-refractivity contribution in [3.05, 3.63) is 29.8 Å². The molecule has 0 unspecified atom stereocenters. The first-order valence-corrected chi connectivity index (χ1v) is 3.96. The summed E-state index contributed by atoms with van der Waals surface area (Å²) in [6.45, 7) is 1.39. The number of nitrogens with zero attached hydrogens (tertiary/aromatic N) is 1. The number of halogens is 1. The molecule has 1 aromatic heterocycles. The Bertz CT molecular complexity index is 314. The lowest BCUT2D eigenvalue weighted by molar-refractivity contribution is -0.118. The molecule has 1 atom stereocenters. The lowest BCUT2D eigenvalue weighted by atomic mass is 10.1. The van der Waals surface area contributed by atoms with Gasteiger partial charge in [-0.15, -0.1) is 0 Å². The third-order valence-corrected chi connectivity index (χ3v) is 1.80. The minimum Gasteiger partial charge on any atom is -0.321 e. The number of rotatable bonds is 3. The molecular formula is C9H11FN2O. The second-order valence-corrected chi connectivity index (χ2v) is 2.87. The summed E-state index contributed by atoms with van der Waals surface area (Å²) in [7, 11) is 0. The van der Waals surface area contributed by atoms with Crippen molar-refractivity contribution in [3.63, 3.8) is 0 Å². The highest BCUT2D eigenvalue weighted by atomic mass is 19.1. The fraction of sp³-hybridized carbons (Fsp3) is 0.333. The van der Waals surface area contributed by atoms with E-state index in [1.54, 1.807) is 12.1 Å². The van der Waals surface area contributed by atoms with Gasteiger partial charge < -0.3 is 5.73 Å². The van der Waals surface area contributed by atoms with E-state index >= 15 is 0 Å². The number of pyridine rings is 1. The zero-order valence-electron chi connectivity index (χ0n) is 7.33. The third-order valence-electron chi connectivity index (χ3n) is 1.80. The van der Waals surface area contributed by atoms with Gasteiger partial charge in [0.1, 0.15) is 5.78 Å². The maximum absolute atomic E-state index is 12.9. The van der Waals surface area contributed by atoms with E-state index < -0.39 is 12.0 Å². The van der Waals surface area contributed by atoms with Crippen molar-refractivity contribution in [2.75, 3.05) is 0 Å². The highest BCUT2D eigenvalue weighted by Gasteiger charge is 2.11. The average Bonchev–Trinajstić information content (AvgIpc) is 2.08. The Morgan fingerprint density at radius 3 is 3.00 bits per heavy atom. The van der Waals surface area contributed by atoms with Crippen LogP contribution in [-0.2, 0) is 11.2 Å². The molecule has 3 nitrogen and oxygen atoms in total. The zero-order chi connectivity index (χ0) is 9.84. The van der Waals surface area contributed by atoms with E-state index in [9.17, 15) is 9.18 Å². The van der Waals surface area contributed by atoms with E-state index in [1.165, 1.54) is 13.1 Å². The summed E-state index contributed by atoms with van der Waals surface area (Å²) in [6.07, 6.45) is 1.56. The Kier molecular flexibility index (Phi) is 3.08. The quantitative estimate of drug-likeness (QED) is 0.699. The molecule has 0 fully saturated rings. The average molecular weight is 182 g/mol. The normalized spacial score (nSPS) is 12.5. The van der Waals surface area contributed by atoms with Crippen LogP contribution in [0.25, 0.3) is 0 Å². The van der Waals surface area contributed by atoms with Crippen LogP contribution in [0.2, 0.25) is 0 Å². The van der Waals surface area contributed by atoms with Crippen LogP contribution in [0.5, 0.6) is 0 Å². The summed E-state index contributed by atoms with van der Waals surface area (Å²) in [5.41, 5.74) is 5.85. The SMILES string of the molecule is CC(=O)[C@@H](N)Cc1cccnc1F. The molecule has 0 aromatic carbocycles. The van der Waals surface area contributed by atoms with Gasteiger partial charge >= 0.3 is 0 Å². The van der Waals surface area contributed by atoms with Crippen LogP contribution in [0.1, 0.15) is 12.5 Å². The van der Waals surface area contributed by atoms with Gasteiger partial charge in [-0.05, 0) is 19.4 Å². The molecule has 0 aliphatic carbocycles. The minimum atomic E-state index is -0.640. The Labute approximate surface area is 75.8 Å². The van der Waals surface area contributed by atoms with Crippen LogP contribution in [0.3, 0.4) is 0 Å². The van der Waals surface area contributed by atoms with Crippen LogP contribution in [0, 0.1) is 5.95 Å². The standard InChI is InChI=1S/C9H11FN2O/c1-6(13)8(11)5-7-3-2-4-12-9(7)10/h2-4,8H,5,11H2,1H3/t8-/m0/s1. The Balaban J connectivity index is 2.74. The van der Waals surface area contributed by atoms with Crippen LogP contribution >= 0.6 is 0 Å². The van der Waals surface area contributed by atoms with Crippen LogP contribution < -0.4 is 5.73 Å². The summed E-state index contributed by atoms with van der Waals surface area (Å²) in [5, 5.41) is 0. The van der Waals surface area contributed by atoms with Gasteiger partial charge in [-0.1, -0.05) is 6.07 Å². The second kappa shape index (κ2) is 4.09. The van der Waals surface area contributed by atoms with Gasteiger partial charge in [0.25, 0.3) is 0 Å². The van der Waals surface area contributed by atoms with Gasteiger partial charge in [0, 0.05) is 11.8 Å². The molecule has 1 aromatic rings. The zero-order valence-corrected chi connectivity index (χ0v) is 7.33. The van der Waals surface area contributed by atoms with Crippen molar-refractivity contribution >= 4 is 5.78 Å². The monoisotopic (exact) mass is 182 g/mol. The molecule has 4 heteroatoms. The molecule has 2 N–H and O–H groups in total. The van der Waals surface area contributed by atoms with E-state index in [-0.39, 0.29) is 12.2 Å². The molecule has 0 bridgehead atoms. The molecule has 13 heavy (non-hydrogen) atoms. The molecule has 0 amide bonds. The molecular weight excluding hydrogens is 171 g/mol. The smallest absolute Gasteiger partial charge is 0.216 e. The van der Waals surface area contributed by atoms with Crippen molar-refractivity contribution in [1.29, 1.82) is 0 Å². The molecule has 0 saturated carbocycles. The number of nitrogens with two attached hydrogens (primary N) is 1. The molecule has 1 heterocycles. The summed E-state index contributed by atoms with van der Waals surface area (Å²) in [5.74, 6) is -0.706. The Morgan fingerprint density at radius 2 is 2.46 bits per heavy atom. The molecule has 0 saturated heterocycles. The first-order chi connectivity index (χ1) is 6.11. The maximum Gasteiger partial charge on any atom is 0.216 e. The first-order valence-electron chi connectivity index (χ1n) is 3.96. The third kappa shape index (κ3) is 2.59. The van der Waals surface area contributed by atoms with Gasteiger partial charge in [-0.25, -0.2) is 4.98 Å². The minimum absolute atomic E-state index is 0.150. The largest absolute Gasteiger partial charge is 0.321 e. The second-order valence-electron chi connectivity index (χ2n) is 2.87. The van der Waals surface area contributed by atoms with Crippen molar-refractivity contribution in [2.24, 2.45) is 5.73 Å². The molecule has 0 radical (unpaired) electrons. The summed E-state index contributed by atoms with van der Waals surface area (Å²) < 4.78 is 12.9. The first kappa shape index (κ1) is 9.80. The fourth-order valence-electron chi connectivity index (χ4n) is 0.952. The summed E-state index contributed by atoms with van der Waals surface area (Å²) in [6, 6.07) is 2.55. The van der Waals surface area contributed by atoms with Gasteiger partial charge in [0.05, 0.1) is 6.04 Å². The Hall–Kier alpha value is -1.29. The van der Waals surface area contributed by atoms with Crippen molar-refractivity contribution < 1.29 is 9.18 Å². The molecule has 0 spiro atoms. The maximum atomic E-state index is 12.9. The van der Waals surface area contributed by atoms with Crippen molar-refractivity contribution in [2.45, 2.75) is 19.4 Å². The molecule has 0 aliphatic heterocycles. The summed E-state index contributed by atoms with van der Waals surface area (Å²) >= 11 is 0. The molecule has 70 valence electrons. The highest BCUT2D eigenvalue weighted by molar-refractivity contribution is 5.81.